The Bertz CT molecular complexity index is 1040. The second-order valence-electron chi connectivity index (χ2n) is 6.85. The summed E-state index contributed by atoms with van der Waals surface area (Å²) in [5.74, 6) is 0.118. The highest BCUT2D eigenvalue weighted by Crippen LogP contribution is 2.26. The summed E-state index contributed by atoms with van der Waals surface area (Å²) in [7, 11) is -2.73. The van der Waals surface area contributed by atoms with Crippen LogP contribution >= 0.6 is 0 Å². The monoisotopic (exact) mass is 437 g/mol. The third kappa shape index (κ3) is 5.14. The van der Waals surface area contributed by atoms with E-state index in [9.17, 15) is 18.0 Å². The molecule has 12 heteroatoms. The van der Waals surface area contributed by atoms with Crippen molar-refractivity contribution in [3.8, 4) is 0 Å². The van der Waals surface area contributed by atoms with Crippen molar-refractivity contribution in [1.29, 1.82) is 0 Å². The van der Waals surface area contributed by atoms with E-state index in [0.717, 1.165) is 0 Å². The number of primary sulfonamides is 1. The van der Waals surface area contributed by atoms with Crippen LogP contribution in [0.1, 0.15) is 16.1 Å². The highest BCUT2D eigenvalue weighted by Gasteiger charge is 2.25. The number of anilines is 2. The van der Waals surface area contributed by atoms with Crippen LogP contribution in [0.25, 0.3) is 0 Å². The van der Waals surface area contributed by atoms with E-state index in [4.69, 9.17) is 14.4 Å². The summed E-state index contributed by atoms with van der Waals surface area (Å²) in [6.07, 6.45) is 0. The van der Waals surface area contributed by atoms with Gasteiger partial charge < -0.3 is 19.5 Å². The third-order valence-corrected chi connectivity index (χ3v) is 5.59. The average molecular weight is 437 g/mol. The van der Waals surface area contributed by atoms with E-state index in [1.54, 1.807) is 19.1 Å². The molecular formula is C18H23N5O6S. The maximum Gasteiger partial charge on any atom is 0.340 e. The molecule has 3 N–H and O–H groups in total. The van der Waals surface area contributed by atoms with Gasteiger partial charge in [-0.15, -0.1) is 0 Å². The highest BCUT2D eigenvalue weighted by atomic mass is 32.2. The van der Waals surface area contributed by atoms with Crippen LogP contribution < -0.4 is 15.4 Å². The van der Waals surface area contributed by atoms with Gasteiger partial charge in [0, 0.05) is 32.2 Å². The molecule has 1 amide bonds. The van der Waals surface area contributed by atoms with Gasteiger partial charge in [-0.3, -0.25) is 9.69 Å². The summed E-state index contributed by atoms with van der Waals surface area (Å²) in [5, 5.41) is 11.6. The van der Waals surface area contributed by atoms with Gasteiger partial charge in [0.1, 0.15) is 5.76 Å². The number of nitrogens with two attached hydrogens (primary N) is 1. The van der Waals surface area contributed by atoms with Crippen molar-refractivity contribution in [3.63, 3.8) is 0 Å². The highest BCUT2D eigenvalue weighted by molar-refractivity contribution is 7.89. The van der Waals surface area contributed by atoms with Crippen molar-refractivity contribution < 1.29 is 27.3 Å². The second-order valence-corrected chi connectivity index (χ2v) is 8.41. The third-order valence-electron chi connectivity index (χ3n) is 4.68. The molecule has 1 fully saturated rings. The standard InChI is InChI=1S/C18H23N5O6S/c1-12-9-16(21-29-12)20-17(24)11-22-5-7-23(8-6-22)15-4-3-13(30(19,26)27)10-14(15)18(25)28-2/h3-4,9-10H,5-8,11H2,1-2H3,(H2,19,26,27)(H,20,21,24). The van der Waals surface area contributed by atoms with Gasteiger partial charge in [-0.25, -0.2) is 18.4 Å². The van der Waals surface area contributed by atoms with Gasteiger partial charge in [0.15, 0.2) is 5.82 Å². The van der Waals surface area contributed by atoms with Crippen LogP contribution in [0.3, 0.4) is 0 Å². The van der Waals surface area contributed by atoms with Crippen LogP contribution in [-0.2, 0) is 19.6 Å². The van der Waals surface area contributed by atoms with Crippen LogP contribution in [0.5, 0.6) is 0 Å². The Morgan fingerprint density at radius 2 is 1.93 bits per heavy atom. The molecule has 0 saturated carbocycles. The number of nitrogens with one attached hydrogen (secondary N) is 1. The summed E-state index contributed by atoms with van der Waals surface area (Å²) >= 11 is 0. The Balaban J connectivity index is 1.65. The molecule has 0 spiro atoms. The van der Waals surface area contributed by atoms with Gasteiger partial charge in [0.2, 0.25) is 15.9 Å². The van der Waals surface area contributed by atoms with Crippen molar-refractivity contribution in [3.05, 3.63) is 35.6 Å². The minimum Gasteiger partial charge on any atom is -0.465 e. The van der Waals surface area contributed by atoms with E-state index < -0.39 is 16.0 Å². The van der Waals surface area contributed by atoms with E-state index in [2.05, 4.69) is 10.5 Å². The van der Waals surface area contributed by atoms with E-state index in [1.165, 1.54) is 19.2 Å². The number of hydrogen-bond acceptors (Lipinski definition) is 9. The topological polar surface area (TPSA) is 148 Å². The zero-order valence-corrected chi connectivity index (χ0v) is 17.4. The van der Waals surface area contributed by atoms with Crippen molar-refractivity contribution in [2.45, 2.75) is 11.8 Å². The number of aromatic nitrogens is 1. The molecule has 1 aliphatic heterocycles. The fourth-order valence-corrected chi connectivity index (χ4v) is 3.74. The Morgan fingerprint density at radius 1 is 1.23 bits per heavy atom. The lowest BCUT2D eigenvalue weighted by atomic mass is 10.1. The largest absolute Gasteiger partial charge is 0.465 e. The van der Waals surface area contributed by atoms with Crippen LogP contribution in [-0.4, -0.2) is 70.2 Å². The Hall–Kier alpha value is -2.96. The van der Waals surface area contributed by atoms with Crippen LogP contribution in [0.2, 0.25) is 0 Å². The maximum atomic E-state index is 12.2. The average Bonchev–Trinajstić information content (AvgIpc) is 3.11. The van der Waals surface area contributed by atoms with Crippen molar-refractivity contribution in [2.24, 2.45) is 5.14 Å². The number of esters is 1. The smallest absolute Gasteiger partial charge is 0.340 e. The number of hydrogen-bond donors (Lipinski definition) is 2. The lowest BCUT2D eigenvalue weighted by Gasteiger charge is -2.36. The Labute approximate surface area is 173 Å². The molecule has 0 bridgehead atoms. The first-order chi connectivity index (χ1) is 14.2. The maximum absolute atomic E-state index is 12.2. The van der Waals surface area contributed by atoms with E-state index >= 15 is 0 Å². The molecule has 1 aromatic heterocycles. The first-order valence-electron chi connectivity index (χ1n) is 9.13. The predicted molar refractivity (Wildman–Crippen MR) is 108 cm³/mol. The number of sulfonamides is 1. The summed E-state index contributed by atoms with van der Waals surface area (Å²) in [4.78, 5) is 28.1. The molecule has 1 aliphatic rings. The van der Waals surface area contributed by atoms with E-state index in [0.29, 0.717) is 43.4 Å². The minimum atomic E-state index is -3.95. The van der Waals surface area contributed by atoms with Crippen LogP contribution in [0.15, 0.2) is 33.7 Å². The first-order valence-corrected chi connectivity index (χ1v) is 10.7. The molecule has 1 aromatic carbocycles. The normalized spacial score (nSPS) is 15.1. The number of nitrogens with zero attached hydrogens (tertiary/aromatic N) is 3. The lowest BCUT2D eigenvalue weighted by molar-refractivity contribution is -0.117. The van der Waals surface area contributed by atoms with E-state index in [1.807, 2.05) is 9.80 Å². The van der Waals surface area contributed by atoms with Gasteiger partial charge in [-0.1, -0.05) is 5.16 Å². The summed E-state index contributed by atoms with van der Waals surface area (Å²) in [6, 6.07) is 5.75. The molecule has 0 radical (unpaired) electrons. The van der Waals surface area contributed by atoms with Crippen LogP contribution in [0, 0.1) is 6.92 Å². The molecule has 0 unspecified atom stereocenters. The number of methoxy groups -OCH3 is 1. The summed E-state index contributed by atoms with van der Waals surface area (Å²) < 4.78 is 32.9. The zero-order valence-electron chi connectivity index (χ0n) is 16.6. The number of ether oxygens (including phenoxy) is 1. The fraction of sp³-hybridized carbons (Fsp3) is 0.389. The Morgan fingerprint density at radius 3 is 2.50 bits per heavy atom. The number of rotatable bonds is 6. The quantitative estimate of drug-likeness (QED) is 0.604. The van der Waals surface area contributed by atoms with Crippen molar-refractivity contribution in [1.82, 2.24) is 10.1 Å². The minimum absolute atomic E-state index is 0.122. The number of amides is 1. The molecule has 30 heavy (non-hydrogen) atoms. The fourth-order valence-electron chi connectivity index (χ4n) is 3.20. The van der Waals surface area contributed by atoms with Gasteiger partial charge in [-0.05, 0) is 25.1 Å². The van der Waals surface area contributed by atoms with Crippen molar-refractivity contribution >= 4 is 33.4 Å². The lowest BCUT2D eigenvalue weighted by Crippen LogP contribution is -2.49. The molecule has 162 valence electrons. The van der Waals surface area contributed by atoms with Crippen LogP contribution in [0.4, 0.5) is 11.5 Å². The summed E-state index contributed by atoms with van der Waals surface area (Å²) in [6.45, 7) is 4.14. The number of aryl methyl sites for hydroxylation is 1. The number of piperazine rings is 1. The molecular weight excluding hydrogens is 414 g/mol. The molecule has 2 aromatic rings. The number of benzene rings is 1. The predicted octanol–water partition coefficient (Wildman–Crippen LogP) is 0.178. The SMILES string of the molecule is COC(=O)c1cc(S(N)(=O)=O)ccc1N1CCN(CC(=O)Nc2cc(C)on2)CC1. The molecule has 2 heterocycles. The molecule has 0 aliphatic carbocycles. The van der Waals surface area contributed by atoms with Gasteiger partial charge in [0.25, 0.3) is 0 Å². The van der Waals surface area contributed by atoms with Gasteiger partial charge in [-0.2, -0.15) is 0 Å². The molecule has 1 saturated heterocycles. The molecule has 0 atom stereocenters. The second kappa shape index (κ2) is 8.81. The van der Waals surface area contributed by atoms with Gasteiger partial charge >= 0.3 is 5.97 Å². The Kier molecular flexibility index (Phi) is 6.39. The molecule has 3 rings (SSSR count). The van der Waals surface area contributed by atoms with Gasteiger partial charge in [0.05, 0.1) is 29.8 Å². The van der Waals surface area contributed by atoms with Crippen molar-refractivity contribution in [2.75, 3.05) is 50.1 Å². The van der Waals surface area contributed by atoms with E-state index in [-0.39, 0.29) is 22.9 Å². The number of carbonyl (C=O) groups is 2. The molecule has 11 nitrogen and oxygen atoms in total. The number of carbonyl (C=O) groups excluding carboxylic acids is 2. The first kappa shape index (κ1) is 21.7. The summed E-state index contributed by atoms with van der Waals surface area (Å²) in [5.41, 5.74) is 0.674. The zero-order chi connectivity index (χ0) is 21.9.